The van der Waals surface area contributed by atoms with Crippen molar-refractivity contribution in [2.75, 3.05) is 13.3 Å². The molecule has 2 aromatic rings. The number of carbonyl (C=O) groups excluding carboxylic acids is 3. The Morgan fingerprint density at radius 2 is 1.87 bits per heavy atom. The van der Waals surface area contributed by atoms with Gasteiger partial charge in [0, 0.05) is 12.6 Å². The van der Waals surface area contributed by atoms with Gasteiger partial charge in [0.05, 0.1) is 5.25 Å². The average Bonchev–Trinajstić information content (AvgIpc) is 3.33. The van der Waals surface area contributed by atoms with Crippen molar-refractivity contribution in [2.24, 2.45) is 0 Å². The zero-order valence-electron chi connectivity index (χ0n) is 16.1. The molecule has 3 amide bonds. The highest BCUT2D eigenvalue weighted by Crippen LogP contribution is 2.32. The van der Waals surface area contributed by atoms with Crippen LogP contribution in [-0.2, 0) is 22.4 Å². The summed E-state index contributed by atoms with van der Waals surface area (Å²) < 4.78 is 10.6. The number of nitrogens with one attached hydrogen (secondary N) is 2. The molecule has 0 aliphatic carbocycles. The summed E-state index contributed by atoms with van der Waals surface area (Å²) in [6.07, 6.45) is 4.44. The average molecular weight is 424 g/mol. The number of thioether (sulfide) groups is 1. The van der Waals surface area contributed by atoms with Crippen molar-refractivity contribution >= 4 is 34.9 Å². The van der Waals surface area contributed by atoms with Crippen molar-refractivity contribution in [2.45, 2.75) is 18.1 Å². The van der Waals surface area contributed by atoms with Gasteiger partial charge in [-0.3, -0.25) is 19.7 Å². The number of hydrogen-bond acceptors (Lipinski definition) is 6. The Balaban J connectivity index is 1.21. The van der Waals surface area contributed by atoms with Crippen molar-refractivity contribution in [3.63, 3.8) is 0 Å². The van der Waals surface area contributed by atoms with Gasteiger partial charge < -0.3 is 14.8 Å². The van der Waals surface area contributed by atoms with Gasteiger partial charge in [-0.2, -0.15) is 0 Å². The molecule has 7 nitrogen and oxygen atoms in total. The summed E-state index contributed by atoms with van der Waals surface area (Å²) in [5, 5.41) is 4.51. The quantitative estimate of drug-likeness (QED) is 0.664. The smallest absolute Gasteiger partial charge is 0.286 e. The van der Waals surface area contributed by atoms with Crippen LogP contribution in [0.5, 0.6) is 11.5 Å². The summed E-state index contributed by atoms with van der Waals surface area (Å²) in [6.45, 7) is 0.734. The third kappa shape index (κ3) is 5.01. The minimum atomic E-state index is -0.362. The number of hydrogen-bond donors (Lipinski definition) is 2. The summed E-state index contributed by atoms with van der Waals surface area (Å²) in [7, 11) is 0. The van der Waals surface area contributed by atoms with E-state index in [1.54, 1.807) is 6.08 Å². The molecule has 8 heteroatoms. The molecule has 0 aromatic heterocycles. The fraction of sp³-hybridized carbons (Fsp3) is 0.227. The maximum absolute atomic E-state index is 12.0. The summed E-state index contributed by atoms with van der Waals surface area (Å²) in [6, 6.07) is 13.4. The van der Waals surface area contributed by atoms with Crippen molar-refractivity contribution in [1.82, 2.24) is 10.6 Å². The van der Waals surface area contributed by atoms with Crippen LogP contribution < -0.4 is 20.1 Å². The number of rotatable bonds is 7. The van der Waals surface area contributed by atoms with Crippen LogP contribution in [0.2, 0.25) is 0 Å². The van der Waals surface area contributed by atoms with Crippen LogP contribution in [0.25, 0.3) is 6.08 Å². The first-order chi connectivity index (χ1) is 14.6. The summed E-state index contributed by atoms with van der Waals surface area (Å²) in [5.41, 5.74) is 2.94. The van der Waals surface area contributed by atoms with E-state index in [-0.39, 0.29) is 29.1 Å². The van der Waals surface area contributed by atoms with Gasteiger partial charge in [-0.1, -0.05) is 42.1 Å². The second kappa shape index (κ2) is 9.04. The monoisotopic (exact) mass is 424 g/mol. The predicted octanol–water partition coefficient (Wildman–Crippen LogP) is 2.68. The maximum Gasteiger partial charge on any atom is 0.286 e. The molecule has 1 saturated heterocycles. The Kier molecular flexibility index (Phi) is 6.04. The number of ether oxygens (including phenoxy) is 2. The molecule has 1 atom stereocenters. The fourth-order valence-corrected chi connectivity index (χ4v) is 4.02. The summed E-state index contributed by atoms with van der Waals surface area (Å²) >= 11 is 1.03. The molecule has 2 heterocycles. The molecule has 0 bridgehead atoms. The molecule has 2 aliphatic heterocycles. The van der Waals surface area contributed by atoms with Crippen molar-refractivity contribution in [3.8, 4) is 11.5 Å². The highest BCUT2D eigenvalue weighted by molar-refractivity contribution is 8.15. The van der Waals surface area contributed by atoms with E-state index in [4.69, 9.17) is 9.47 Å². The van der Waals surface area contributed by atoms with Gasteiger partial charge in [-0.05, 0) is 47.7 Å². The lowest BCUT2D eigenvalue weighted by Crippen LogP contribution is -2.25. The zero-order chi connectivity index (χ0) is 20.9. The van der Waals surface area contributed by atoms with Crippen molar-refractivity contribution < 1.29 is 23.9 Å². The Hall–Kier alpha value is -3.26. The van der Waals surface area contributed by atoms with Gasteiger partial charge in [0.2, 0.25) is 18.6 Å². The largest absolute Gasteiger partial charge is 0.454 e. The second-order valence-electron chi connectivity index (χ2n) is 6.89. The van der Waals surface area contributed by atoms with E-state index in [0.717, 1.165) is 28.5 Å². The van der Waals surface area contributed by atoms with Gasteiger partial charge >= 0.3 is 0 Å². The van der Waals surface area contributed by atoms with Crippen LogP contribution in [0.4, 0.5) is 4.79 Å². The SMILES string of the molecule is O=C(C=Cc1ccc2c(c1)OCO2)NCCc1ccc(C[C@H]2SC(=O)NC2=O)cc1. The van der Waals surface area contributed by atoms with E-state index >= 15 is 0 Å². The molecule has 0 unspecified atom stereocenters. The first kappa shape index (κ1) is 20.0. The highest BCUT2D eigenvalue weighted by atomic mass is 32.2. The predicted molar refractivity (Wildman–Crippen MR) is 113 cm³/mol. The molecule has 0 saturated carbocycles. The van der Waals surface area contributed by atoms with Crippen LogP contribution in [0, 0.1) is 0 Å². The van der Waals surface area contributed by atoms with Gasteiger partial charge in [0.25, 0.3) is 5.24 Å². The molecule has 0 radical (unpaired) electrons. The van der Waals surface area contributed by atoms with E-state index < -0.39 is 0 Å². The lowest BCUT2D eigenvalue weighted by Gasteiger charge is -2.07. The molecule has 2 N–H and O–H groups in total. The van der Waals surface area contributed by atoms with Crippen LogP contribution in [-0.4, -0.2) is 35.6 Å². The Bertz CT molecular complexity index is 1000. The second-order valence-corrected chi connectivity index (χ2v) is 8.07. The Labute approximate surface area is 177 Å². The zero-order valence-corrected chi connectivity index (χ0v) is 16.9. The molecular weight excluding hydrogens is 404 g/mol. The summed E-state index contributed by atoms with van der Waals surface area (Å²) in [4.78, 5) is 34.9. The molecule has 2 aliphatic rings. The third-order valence-electron chi connectivity index (χ3n) is 4.75. The van der Waals surface area contributed by atoms with E-state index in [2.05, 4.69) is 10.6 Å². The van der Waals surface area contributed by atoms with Gasteiger partial charge in [-0.25, -0.2) is 0 Å². The molecule has 1 fully saturated rings. The molecule has 2 aromatic carbocycles. The van der Waals surface area contributed by atoms with Gasteiger partial charge in [-0.15, -0.1) is 0 Å². The highest BCUT2D eigenvalue weighted by Gasteiger charge is 2.31. The molecule has 0 spiro atoms. The molecule has 4 rings (SSSR count). The molecule has 154 valence electrons. The number of amides is 3. The minimum Gasteiger partial charge on any atom is -0.454 e. The lowest BCUT2D eigenvalue weighted by atomic mass is 10.1. The lowest BCUT2D eigenvalue weighted by molar-refractivity contribution is -0.119. The van der Waals surface area contributed by atoms with E-state index in [9.17, 15) is 14.4 Å². The summed E-state index contributed by atoms with van der Waals surface area (Å²) in [5.74, 6) is 0.991. The standard InChI is InChI=1S/C22H20N2O5S/c25-20(8-6-15-5-7-17-18(11-15)29-13-28-17)23-10-9-14-1-3-16(4-2-14)12-19-21(26)24-22(27)30-19/h1-8,11,19H,9-10,12-13H2,(H,23,25)(H,24,26,27)/t19-/m1/s1. The van der Waals surface area contributed by atoms with Gasteiger partial charge in [0.15, 0.2) is 11.5 Å². The topological polar surface area (TPSA) is 93.7 Å². The van der Waals surface area contributed by atoms with Crippen molar-refractivity contribution in [1.29, 1.82) is 0 Å². The number of carbonyl (C=O) groups is 3. The fourth-order valence-electron chi connectivity index (χ4n) is 3.16. The number of imide groups is 1. The van der Waals surface area contributed by atoms with E-state index in [0.29, 0.717) is 30.9 Å². The molecular formula is C22H20N2O5S. The van der Waals surface area contributed by atoms with Crippen LogP contribution in [0.3, 0.4) is 0 Å². The number of fused-ring (bicyclic) bond motifs is 1. The normalized spacial score (nSPS) is 17.4. The Morgan fingerprint density at radius 3 is 2.63 bits per heavy atom. The Morgan fingerprint density at radius 1 is 1.10 bits per heavy atom. The third-order valence-corrected chi connectivity index (χ3v) is 5.73. The van der Waals surface area contributed by atoms with Gasteiger partial charge in [0.1, 0.15) is 0 Å². The van der Waals surface area contributed by atoms with Crippen LogP contribution in [0.15, 0.2) is 48.5 Å². The molecule has 30 heavy (non-hydrogen) atoms. The van der Waals surface area contributed by atoms with E-state index in [1.165, 1.54) is 6.08 Å². The van der Waals surface area contributed by atoms with Crippen LogP contribution >= 0.6 is 11.8 Å². The van der Waals surface area contributed by atoms with Crippen molar-refractivity contribution in [3.05, 3.63) is 65.2 Å². The number of benzene rings is 2. The maximum atomic E-state index is 12.0. The van der Waals surface area contributed by atoms with Crippen LogP contribution in [0.1, 0.15) is 16.7 Å². The minimum absolute atomic E-state index is 0.168. The van der Waals surface area contributed by atoms with E-state index in [1.807, 2.05) is 42.5 Å². The first-order valence-electron chi connectivity index (χ1n) is 9.52. The first-order valence-corrected chi connectivity index (χ1v) is 10.4.